The van der Waals surface area contributed by atoms with Crippen LogP contribution >= 0.6 is 11.8 Å². The summed E-state index contributed by atoms with van der Waals surface area (Å²) in [6.45, 7) is 1.95. The van der Waals surface area contributed by atoms with Gasteiger partial charge in [0.1, 0.15) is 5.03 Å². The van der Waals surface area contributed by atoms with Crippen LogP contribution in [0.4, 0.5) is 5.69 Å². The Morgan fingerprint density at radius 1 is 1.28 bits per heavy atom. The lowest BCUT2D eigenvalue weighted by atomic mass is 10.1. The summed E-state index contributed by atoms with van der Waals surface area (Å²) in [4.78, 5) is 41.6. The van der Waals surface area contributed by atoms with Crippen LogP contribution in [0.1, 0.15) is 29.3 Å². The van der Waals surface area contributed by atoms with E-state index in [2.05, 4.69) is 4.98 Å². The number of aryl methyl sites for hydroxylation is 1. The highest BCUT2D eigenvalue weighted by atomic mass is 32.2. The minimum Gasteiger partial charge on any atom is -0.545 e. The van der Waals surface area contributed by atoms with Crippen molar-refractivity contribution in [3.05, 3.63) is 53.7 Å². The van der Waals surface area contributed by atoms with E-state index in [1.165, 1.54) is 23.2 Å². The molecule has 3 rings (SSSR count). The monoisotopic (exact) mass is 355 g/mol. The van der Waals surface area contributed by atoms with Gasteiger partial charge in [-0.3, -0.25) is 9.59 Å². The van der Waals surface area contributed by atoms with Crippen LogP contribution in [0.25, 0.3) is 0 Å². The third kappa shape index (κ3) is 3.28. The van der Waals surface area contributed by atoms with E-state index in [0.717, 1.165) is 17.3 Å². The minimum atomic E-state index is -1.36. The van der Waals surface area contributed by atoms with Gasteiger partial charge in [-0.2, -0.15) is 0 Å². The summed E-state index contributed by atoms with van der Waals surface area (Å²) < 4.78 is 0. The van der Waals surface area contributed by atoms with E-state index in [0.29, 0.717) is 12.1 Å². The van der Waals surface area contributed by atoms with Gasteiger partial charge in [0.05, 0.1) is 16.9 Å². The molecule has 0 aliphatic carbocycles. The van der Waals surface area contributed by atoms with E-state index >= 15 is 0 Å². The molecule has 7 heteroatoms. The molecule has 0 bridgehead atoms. The van der Waals surface area contributed by atoms with Crippen molar-refractivity contribution in [2.75, 3.05) is 4.90 Å². The molecule has 1 aromatic carbocycles. The molecular formula is C18H15N2O4S-. The van der Waals surface area contributed by atoms with E-state index in [-0.39, 0.29) is 28.8 Å². The zero-order valence-electron chi connectivity index (χ0n) is 13.5. The average molecular weight is 355 g/mol. The number of thioether (sulfide) groups is 1. The molecule has 0 N–H and O–H groups in total. The average Bonchev–Trinajstić information content (AvgIpc) is 2.88. The number of rotatable bonds is 5. The molecule has 1 atom stereocenters. The standard InChI is InChI=1S/C18H16N2O4S/c1-2-11-6-3-4-8-13(11)20-15(21)10-14(17(20)22)25-16-12(18(23)24)7-5-9-19-16/h3-9,14H,2,10H2,1H3,(H,23,24)/p-1/t14-/m1/s1. The van der Waals surface area contributed by atoms with Gasteiger partial charge >= 0.3 is 0 Å². The number of imide groups is 1. The molecule has 1 fully saturated rings. The Labute approximate surface area is 148 Å². The summed E-state index contributed by atoms with van der Waals surface area (Å²) in [5.74, 6) is -2.01. The molecule has 25 heavy (non-hydrogen) atoms. The summed E-state index contributed by atoms with van der Waals surface area (Å²) in [6.07, 6.45) is 2.14. The molecule has 1 aromatic heterocycles. The number of hydrogen-bond acceptors (Lipinski definition) is 6. The molecule has 2 heterocycles. The van der Waals surface area contributed by atoms with Crippen molar-refractivity contribution in [1.82, 2.24) is 4.98 Å². The van der Waals surface area contributed by atoms with Gasteiger partial charge < -0.3 is 9.90 Å². The number of carbonyl (C=O) groups is 3. The third-order valence-corrected chi connectivity index (χ3v) is 5.17. The molecule has 0 spiro atoms. The molecule has 0 unspecified atom stereocenters. The molecular weight excluding hydrogens is 340 g/mol. The Kier molecular flexibility index (Phi) is 4.85. The number of carboxylic acids is 1. The van der Waals surface area contributed by atoms with E-state index in [1.54, 1.807) is 12.1 Å². The van der Waals surface area contributed by atoms with Gasteiger partial charge in [-0.1, -0.05) is 36.9 Å². The van der Waals surface area contributed by atoms with E-state index in [9.17, 15) is 19.5 Å². The molecule has 0 radical (unpaired) electrons. The van der Waals surface area contributed by atoms with Crippen LogP contribution in [0.2, 0.25) is 0 Å². The van der Waals surface area contributed by atoms with E-state index < -0.39 is 11.2 Å². The van der Waals surface area contributed by atoms with Crippen LogP contribution in [-0.4, -0.2) is 28.0 Å². The summed E-state index contributed by atoms with van der Waals surface area (Å²) in [5, 5.41) is 10.7. The first kappa shape index (κ1) is 17.2. The second-order valence-corrected chi connectivity index (χ2v) is 6.70. The van der Waals surface area contributed by atoms with Crippen LogP contribution in [0.3, 0.4) is 0 Å². The predicted octanol–water partition coefficient (Wildman–Crippen LogP) is 1.43. The zero-order valence-corrected chi connectivity index (χ0v) is 14.3. The number of nitrogens with zero attached hydrogens (tertiary/aromatic N) is 2. The van der Waals surface area contributed by atoms with Crippen molar-refractivity contribution in [3.8, 4) is 0 Å². The third-order valence-electron chi connectivity index (χ3n) is 3.96. The van der Waals surface area contributed by atoms with Crippen molar-refractivity contribution >= 4 is 35.2 Å². The maximum Gasteiger partial charge on any atom is 0.247 e. The number of para-hydroxylation sites is 1. The second-order valence-electron chi connectivity index (χ2n) is 5.50. The Morgan fingerprint density at radius 3 is 2.76 bits per heavy atom. The topological polar surface area (TPSA) is 90.4 Å². The molecule has 2 amide bonds. The van der Waals surface area contributed by atoms with Gasteiger partial charge in [-0.25, -0.2) is 9.88 Å². The Hall–Kier alpha value is -2.67. The number of aromatic carboxylic acids is 1. The Bertz CT molecular complexity index is 852. The van der Waals surface area contributed by atoms with Crippen molar-refractivity contribution in [2.45, 2.75) is 30.0 Å². The minimum absolute atomic E-state index is 0.00457. The quantitative estimate of drug-likeness (QED) is 0.754. The van der Waals surface area contributed by atoms with E-state index in [1.807, 2.05) is 19.1 Å². The first-order valence-electron chi connectivity index (χ1n) is 7.80. The lowest BCUT2D eigenvalue weighted by Gasteiger charge is -2.18. The first-order valence-corrected chi connectivity index (χ1v) is 8.68. The fourth-order valence-electron chi connectivity index (χ4n) is 2.75. The van der Waals surface area contributed by atoms with E-state index in [4.69, 9.17) is 0 Å². The molecule has 128 valence electrons. The normalized spacial score (nSPS) is 17.2. The second kappa shape index (κ2) is 7.06. The van der Waals surface area contributed by atoms with Crippen molar-refractivity contribution in [2.24, 2.45) is 0 Å². The first-order chi connectivity index (χ1) is 12.0. The highest BCUT2D eigenvalue weighted by molar-refractivity contribution is 8.00. The van der Waals surface area contributed by atoms with Gasteiger partial charge in [0.15, 0.2) is 0 Å². The van der Waals surface area contributed by atoms with Gasteiger partial charge in [-0.15, -0.1) is 0 Å². The van der Waals surface area contributed by atoms with Crippen LogP contribution in [0.15, 0.2) is 47.6 Å². The number of anilines is 1. The fourth-order valence-corrected chi connectivity index (χ4v) is 3.85. The number of aromatic nitrogens is 1. The number of amides is 2. The van der Waals surface area contributed by atoms with Crippen LogP contribution in [0.5, 0.6) is 0 Å². The van der Waals surface area contributed by atoms with Crippen LogP contribution < -0.4 is 10.0 Å². The lowest BCUT2D eigenvalue weighted by molar-refractivity contribution is -0.255. The van der Waals surface area contributed by atoms with Crippen LogP contribution in [0, 0.1) is 0 Å². The highest BCUT2D eigenvalue weighted by Crippen LogP contribution is 2.35. The highest BCUT2D eigenvalue weighted by Gasteiger charge is 2.41. The number of benzene rings is 1. The smallest absolute Gasteiger partial charge is 0.247 e. The maximum absolute atomic E-state index is 12.8. The summed E-state index contributed by atoms with van der Waals surface area (Å²) in [7, 11) is 0. The molecule has 0 saturated carbocycles. The zero-order chi connectivity index (χ0) is 18.0. The fraction of sp³-hybridized carbons (Fsp3) is 0.222. The summed E-state index contributed by atoms with van der Waals surface area (Å²) in [6, 6.07) is 10.1. The maximum atomic E-state index is 12.8. The molecule has 2 aromatic rings. The van der Waals surface area contributed by atoms with Gasteiger partial charge in [0.2, 0.25) is 11.8 Å². The predicted molar refractivity (Wildman–Crippen MR) is 91.1 cm³/mol. The number of carbonyl (C=O) groups excluding carboxylic acids is 3. The number of hydrogen-bond donors (Lipinski definition) is 0. The summed E-state index contributed by atoms with van der Waals surface area (Å²) in [5.41, 5.74) is 1.41. The molecule has 1 aliphatic rings. The SMILES string of the molecule is CCc1ccccc1N1C(=O)C[C@@H](Sc2ncccc2C(=O)[O-])C1=O. The number of carboxylic acid groups (broad SMARTS) is 1. The largest absolute Gasteiger partial charge is 0.545 e. The van der Waals surface area contributed by atoms with Crippen molar-refractivity contribution < 1.29 is 19.5 Å². The van der Waals surface area contributed by atoms with Crippen LogP contribution in [-0.2, 0) is 16.0 Å². The summed E-state index contributed by atoms with van der Waals surface area (Å²) >= 11 is 0.986. The molecule has 1 aliphatic heterocycles. The van der Waals surface area contributed by atoms with Gasteiger partial charge in [0, 0.05) is 18.2 Å². The number of pyridine rings is 1. The Morgan fingerprint density at radius 2 is 2.04 bits per heavy atom. The Balaban J connectivity index is 1.89. The lowest BCUT2D eigenvalue weighted by Crippen LogP contribution is -2.32. The van der Waals surface area contributed by atoms with Crippen molar-refractivity contribution in [3.63, 3.8) is 0 Å². The van der Waals surface area contributed by atoms with Crippen molar-refractivity contribution in [1.29, 1.82) is 0 Å². The van der Waals surface area contributed by atoms with Gasteiger partial charge in [0.25, 0.3) is 0 Å². The van der Waals surface area contributed by atoms with Gasteiger partial charge in [-0.05, 0) is 30.2 Å². The molecule has 6 nitrogen and oxygen atoms in total. The molecule has 1 saturated heterocycles.